The summed E-state index contributed by atoms with van der Waals surface area (Å²) in [5, 5.41) is 9.41. The predicted octanol–water partition coefficient (Wildman–Crippen LogP) is 3.25. The molecule has 0 fully saturated rings. The van der Waals surface area contributed by atoms with E-state index in [9.17, 15) is 5.11 Å². The molecule has 1 unspecified atom stereocenters. The first-order valence-electron chi connectivity index (χ1n) is 6.92. The molecule has 0 aromatic heterocycles. The maximum atomic E-state index is 9.41. The Balaban J connectivity index is 1.97. The van der Waals surface area contributed by atoms with Crippen LogP contribution in [0, 0.1) is 0 Å². The first-order chi connectivity index (χ1) is 9.67. The highest BCUT2D eigenvalue weighted by Crippen LogP contribution is 2.18. The summed E-state index contributed by atoms with van der Waals surface area (Å²) in [7, 11) is 0. The van der Waals surface area contributed by atoms with Crippen LogP contribution < -0.4 is 10.5 Å². The highest BCUT2D eigenvalue weighted by molar-refractivity contribution is 5.30. The van der Waals surface area contributed by atoms with Crippen molar-refractivity contribution in [1.82, 2.24) is 0 Å². The lowest BCUT2D eigenvalue weighted by Crippen LogP contribution is -2.21. The van der Waals surface area contributed by atoms with Crippen molar-refractivity contribution < 1.29 is 9.84 Å². The van der Waals surface area contributed by atoms with E-state index >= 15 is 0 Å². The largest absolute Gasteiger partial charge is 0.508 e. The van der Waals surface area contributed by atoms with E-state index in [0.717, 1.165) is 24.2 Å². The Morgan fingerprint density at radius 2 is 1.85 bits per heavy atom. The molecule has 1 atom stereocenters. The van der Waals surface area contributed by atoms with Gasteiger partial charge in [-0.2, -0.15) is 0 Å². The van der Waals surface area contributed by atoms with Crippen LogP contribution in [0.1, 0.15) is 24.5 Å². The van der Waals surface area contributed by atoms with Gasteiger partial charge in [0.2, 0.25) is 0 Å². The van der Waals surface area contributed by atoms with Crippen LogP contribution in [0.25, 0.3) is 0 Å². The zero-order valence-corrected chi connectivity index (χ0v) is 11.8. The summed E-state index contributed by atoms with van der Waals surface area (Å²) < 4.78 is 5.75. The number of phenols is 1. The highest BCUT2D eigenvalue weighted by atomic mass is 16.5. The van der Waals surface area contributed by atoms with Gasteiger partial charge in [0.05, 0.1) is 0 Å². The van der Waals surface area contributed by atoms with Gasteiger partial charge < -0.3 is 15.6 Å². The number of hydrogen-bond acceptors (Lipinski definition) is 3. The van der Waals surface area contributed by atoms with Crippen molar-refractivity contribution in [3.8, 4) is 11.5 Å². The number of ether oxygens (including phenoxy) is 1. The van der Waals surface area contributed by atoms with Crippen LogP contribution >= 0.6 is 0 Å². The fourth-order valence-electron chi connectivity index (χ4n) is 2.02. The summed E-state index contributed by atoms with van der Waals surface area (Å²) in [4.78, 5) is 0. The summed E-state index contributed by atoms with van der Waals surface area (Å²) in [6.07, 6.45) is 1.83. The standard InChI is InChI=1S/C17H21NO2/c1-2-15(18)9-13-5-4-8-17(11-13)20-12-14-6-3-7-16(19)10-14/h3-8,10-11,15,19H,2,9,12,18H2,1H3. The second-order valence-electron chi connectivity index (χ2n) is 4.98. The number of phenolic OH excluding ortho intramolecular Hbond substituents is 1. The number of benzene rings is 2. The van der Waals surface area contributed by atoms with E-state index in [0.29, 0.717) is 6.61 Å². The van der Waals surface area contributed by atoms with E-state index in [1.54, 1.807) is 12.1 Å². The molecular weight excluding hydrogens is 250 g/mol. The third-order valence-corrected chi connectivity index (χ3v) is 3.24. The molecule has 106 valence electrons. The molecule has 0 spiro atoms. The van der Waals surface area contributed by atoms with Crippen molar-refractivity contribution in [3.63, 3.8) is 0 Å². The molecule has 3 heteroatoms. The maximum Gasteiger partial charge on any atom is 0.120 e. The van der Waals surface area contributed by atoms with E-state index < -0.39 is 0 Å². The predicted molar refractivity (Wildman–Crippen MR) is 80.9 cm³/mol. The first kappa shape index (κ1) is 14.4. The van der Waals surface area contributed by atoms with Gasteiger partial charge in [0.1, 0.15) is 18.1 Å². The first-order valence-corrected chi connectivity index (χ1v) is 6.92. The number of aromatic hydroxyl groups is 1. The zero-order chi connectivity index (χ0) is 14.4. The number of nitrogens with two attached hydrogens (primary N) is 1. The van der Waals surface area contributed by atoms with Gasteiger partial charge in [-0.15, -0.1) is 0 Å². The molecule has 0 heterocycles. The SMILES string of the molecule is CCC(N)Cc1cccc(OCc2cccc(O)c2)c1. The van der Waals surface area contributed by atoms with Crippen molar-refractivity contribution >= 4 is 0 Å². The molecule has 0 aliphatic rings. The van der Waals surface area contributed by atoms with Crippen molar-refractivity contribution in [2.75, 3.05) is 0 Å². The molecule has 2 rings (SSSR count). The third-order valence-electron chi connectivity index (χ3n) is 3.24. The van der Waals surface area contributed by atoms with Crippen LogP contribution in [0.5, 0.6) is 11.5 Å². The van der Waals surface area contributed by atoms with Gasteiger partial charge in [-0.05, 0) is 48.2 Å². The van der Waals surface area contributed by atoms with Crippen LogP contribution in [0.4, 0.5) is 0 Å². The van der Waals surface area contributed by atoms with Crippen LogP contribution in [-0.4, -0.2) is 11.1 Å². The molecule has 3 N–H and O–H groups in total. The molecule has 0 saturated heterocycles. The van der Waals surface area contributed by atoms with Crippen LogP contribution in [0.3, 0.4) is 0 Å². The lowest BCUT2D eigenvalue weighted by atomic mass is 10.0. The minimum absolute atomic E-state index is 0.191. The van der Waals surface area contributed by atoms with E-state index in [-0.39, 0.29) is 11.8 Å². The summed E-state index contributed by atoms with van der Waals surface area (Å²) in [5.41, 5.74) is 8.10. The Bertz CT molecular complexity index is 554. The van der Waals surface area contributed by atoms with Gasteiger partial charge in [-0.3, -0.25) is 0 Å². The molecule has 2 aromatic rings. The molecule has 0 saturated carbocycles. The summed E-state index contributed by atoms with van der Waals surface area (Å²) in [6.45, 7) is 2.53. The monoisotopic (exact) mass is 271 g/mol. The molecule has 0 amide bonds. The minimum atomic E-state index is 0.191. The minimum Gasteiger partial charge on any atom is -0.508 e. The summed E-state index contributed by atoms with van der Waals surface area (Å²) >= 11 is 0. The molecule has 0 radical (unpaired) electrons. The quantitative estimate of drug-likeness (QED) is 0.848. The van der Waals surface area contributed by atoms with Gasteiger partial charge in [-0.1, -0.05) is 31.2 Å². The van der Waals surface area contributed by atoms with E-state index in [1.807, 2.05) is 30.3 Å². The highest BCUT2D eigenvalue weighted by Gasteiger charge is 2.03. The molecular formula is C17H21NO2. The van der Waals surface area contributed by atoms with Crippen LogP contribution in [0.2, 0.25) is 0 Å². The van der Waals surface area contributed by atoms with Gasteiger partial charge in [0.25, 0.3) is 0 Å². The Morgan fingerprint density at radius 3 is 2.60 bits per heavy atom. The summed E-state index contributed by atoms with van der Waals surface area (Å²) in [6, 6.07) is 15.3. The molecule has 0 aliphatic heterocycles. The Kier molecular flexibility index (Phi) is 5.02. The Labute approximate surface area is 120 Å². The normalized spacial score (nSPS) is 12.1. The lowest BCUT2D eigenvalue weighted by molar-refractivity contribution is 0.305. The lowest BCUT2D eigenvalue weighted by Gasteiger charge is -2.11. The zero-order valence-electron chi connectivity index (χ0n) is 11.8. The molecule has 2 aromatic carbocycles. The smallest absolute Gasteiger partial charge is 0.120 e. The Morgan fingerprint density at radius 1 is 1.10 bits per heavy atom. The van der Waals surface area contributed by atoms with Crippen LogP contribution in [-0.2, 0) is 13.0 Å². The maximum absolute atomic E-state index is 9.41. The fourth-order valence-corrected chi connectivity index (χ4v) is 2.02. The van der Waals surface area contributed by atoms with Gasteiger partial charge in [0, 0.05) is 6.04 Å². The van der Waals surface area contributed by atoms with Crippen molar-refractivity contribution in [2.45, 2.75) is 32.4 Å². The molecule has 0 aliphatic carbocycles. The molecule has 0 bridgehead atoms. The van der Waals surface area contributed by atoms with Crippen molar-refractivity contribution in [2.24, 2.45) is 5.73 Å². The average molecular weight is 271 g/mol. The van der Waals surface area contributed by atoms with Gasteiger partial charge in [-0.25, -0.2) is 0 Å². The topological polar surface area (TPSA) is 55.5 Å². The van der Waals surface area contributed by atoms with E-state index in [4.69, 9.17) is 10.5 Å². The van der Waals surface area contributed by atoms with E-state index in [2.05, 4.69) is 13.0 Å². The van der Waals surface area contributed by atoms with Crippen LogP contribution in [0.15, 0.2) is 48.5 Å². The van der Waals surface area contributed by atoms with Gasteiger partial charge >= 0.3 is 0 Å². The number of rotatable bonds is 6. The second-order valence-corrected chi connectivity index (χ2v) is 4.98. The Hall–Kier alpha value is -2.00. The third kappa shape index (κ3) is 4.28. The summed E-state index contributed by atoms with van der Waals surface area (Å²) in [5.74, 6) is 1.09. The second kappa shape index (κ2) is 6.96. The molecule has 20 heavy (non-hydrogen) atoms. The average Bonchev–Trinajstić information content (AvgIpc) is 2.45. The molecule has 3 nitrogen and oxygen atoms in total. The van der Waals surface area contributed by atoms with Crippen molar-refractivity contribution in [1.29, 1.82) is 0 Å². The van der Waals surface area contributed by atoms with Crippen molar-refractivity contribution in [3.05, 3.63) is 59.7 Å². The van der Waals surface area contributed by atoms with E-state index in [1.165, 1.54) is 5.56 Å². The number of hydrogen-bond donors (Lipinski definition) is 2. The van der Waals surface area contributed by atoms with Gasteiger partial charge in [0.15, 0.2) is 0 Å². The fraction of sp³-hybridized carbons (Fsp3) is 0.294.